The molecule has 0 aliphatic carbocycles. The average Bonchev–Trinajstić information content (AvgIpc) is 2.69. The zero-order valence-electron chi connectivity index (χ0n) is 17.7. The van der Waals surface area contributed by atoms with Crippen LogP contribution in [0, 0.1) is 19.8 Å². The number of benzene rings is 1. The van der Waals surface area contributed by atoms with Crippen LogP contribution in [0.4, 0.5) is 0 Å². The lowest BCUT2D eigenvalue weighted by molar-refractivity contribution is -0.272. The molecule has 1 aliphatic rings. The van der Waals surface area contributed by atoms with Crippen molar-refractivity contribution in [2.75, 3.05) is 26.9 Å². The highest BCUT2D eigenvalue weighted by Gasteiger charge is 2.41. The Morgan fingerprint density at radius 1 is 1.18 bits per heavy atom. The molecule has 0 unspecified atom stereocenters. The van der Waals surface area contributed by atoms with Crippen molar-refractivity contribution < 1.29 is 23.8 Å². The Morgan fingerprint density at radius 2 is 1.89 bits per heavy atom. The van der Waals surface area contributed by atoms with Crippen LogP contribution in [0.15, 0.2) is 23.4 Å². The van der Waals surface area contributed by atoms with Crippen molar-refractivity contribution in [3.8, 4) is 0 Å². The van der Waals surface area contributed by atoms with Crippen molar-refractivity contribution in [3.63, 3.8) is 0 Å². The predicted molar refractivity (Wildman–Crippen MR) is 108 cm³/mol. The van der Waals surface area contributed by atoms with Crippen molar-refractivity contribution in [2.24, 2.45) is 11.1 Å². The fourth-order valence-electron chi connectivity index (χ4n) is 3.05. The molecule has 0 spiro atoms. The van der Waals surface area contributed by atoms with Crippen LogP contribution < -0.4 is 0 Å². The number of carbonyl (C=O) groups excluding carboxylic acids is 1. The molecule has 1 fully saturated rings. The molecule has 6 heteroatoms. The Morgan fingerprint density at radius 3 is 2.54 bits per heavy atom. The smallest absolute Gasteiger partial charge is 0.366 e. The lowest BCUT2D eigenvalue weighted by Gasteiger charge is -2.35. The van der Waals surface area contributed by atoms with Gasteiger partial charge in [0.25, 0.3) is 5.79 Å². The number of methoxy groups -OCH3 is 1. The van der Waals surface area contributed by atoms with E-state index in [0.29, 0.717) is 25.7 Å². The number of oxime groups is 1. The van der Waals surface area contributed by atoms with Crippen LogP contribution >= 0.6 is 0 Å². The first-order chi connectivity index (χ1) is 13.4. The first-order valence-electron chi connectivity index (χ1n) is 9.96. The van der Waals surface area contributed by atoms with E-state index >= 15 is 0 Å². The highest BCUT2D eigenvalue weighted by atomic mass is 16.7. The second kappa shape index (κ2) is 10.6. The average molecular weight is 392 g/mol. The number of esters is 1. The Labute approximate surface area is 168 Å². The number of aryl methyl sites for hydroxylation is 2. The summed E-state index contributed by atoms with van der Waals surface area (Å²) in [4.78, 5) is 17.1. The number of hydrogen-bond acceptors (Lipinski definition) is 6. The maximum Gasteiger partial charge on any atom is 0.366 e. The zero-order chi connectivity index (χ0) is 20.6. The molecular weight excluding hydrogens is 358 g/mol. The van der Waals surface area contributed by atoms with Gasteiger partial charge in [-0.05, 0) is 62.8 Å². The lowest BCUT2D eigenvalue weighted by Crippen LogP contribution is -2.48. The number of carbonyl (C=O) groups is 1. The van der Waals surface area contributed by atoms with Gasteiger partial charge in [-0.15, -0.1) is 0 Å². The lowest BCUT2D eigenvalue weighted by atomic mass is 10.0. The topological polar surface area (TPSA) is 66.4 Å². The third-order valence-corrected chi connectivity index (χ3v) is 5.22. The van der Waals surface area contributed by atoms with E-state index in [9.17, 15) is 4.79 Å². The molecule has 0 bridgehead atoms. The molecule has 0 radical (unpaired) electrons. The molecule has 2 rings (SSSR count). The molecule has 1 aromatic rings. The molecule has 1 saturated heterocycles. The van der Waals surface area contributed by atoms with E-state index in [1.54, 1.807) is 6.92 Å². The molecule has 1 aromatic carbocycles. The Hall–Kier alpha value is -1.92. The van der Waals surface area contributed by atoms with Gasteiger partial charge in [-0.25, -0.2) is 4.79 Å². The van der Waals surface area contributed by atoms with Crippen molar-refractivity contribution >= 4 is 11.7 Å². The number of hydrogen-bond donors (Lipinski definition) is 0. The summed E-state index contributed by atoms with van der Waals surface area (Å²) in [5.41, 5.74) is 4.53. The third-order valence-electron chi connectivity index (χ3n) is 5.22. The fourth-order valence-corrected chi connectivity index (χ4v) is 3.05. The third kappa shape index (κ3) is 6.31. The van der Waals surface area contributed by atoms with Crippen molar-refractivity contribution in [2.45, 2.75) is 59.2 Å². The first-order valence-corrected chi connectivity index (χ1v) is 9.96. The van der Waals surface area contributed by atoms with E-state index in [1.165, 1.54) is 18.2 Å². The number of nitrogens with zero attached hydrogens (tertiary/aromatic N) is 1. The predicted octanol–water partition coefficient (Wildman–Crippen LogP) is 4.16. The van der Waals surface area contributed by atoms with Gasteiger partial charge in [-0.3, -0.25) is 0 Å². The highest BCUT2D eigenvalue weighted by Crippen LogP contribution is 2.25. The van der Waals surface area contributed by atoms with Crippen LogP contribution in [-0.4, -0.2) is 44.4 Å². The molecular formula is C22H33NO5. The van der Waals surface area contributed by atoms with Gasteiger partial charge < -0.3 is 19.0 Å². The van der Waals surface area contributed by atoms with E-state index in [-0.39, 0.29) is 0 Å². The molecule has 28 heavy (non-hydrogen) atoms. The molecule has 0 N–H and O–H groups in total. The Balaban J connectivity index is 1.59. The van der Waals surface area contributed by atoms with Gasteiger partial charge in [-0.1, -0.05) is 23.7 Å². The normalized spacial score (nSPS) is 22.8. The van der Waals surface area contributed by atoms with Gasteiger partial charge in [0.2, 0.25) is 0 Å². The molecule has 0 atom stereocenters. The number of rotatable bonds is 9. The van der Waals surface area contributed by atoms with Gasteiger partial charge in [0.05, 0.1) is 26.0 Å². The van der Waals surface area contributed by atoms with Crippen molar-refractivity contribution in [1.29, 1.82) is 0 Å². The maximum absolute atomic E-state index is 11.6. The second-order valence-electron chi connectivity index (χ2n) is 7.58. The first kappa shape index (κ1) is 22.4. The van der Waals surface area contributed by atoms with Gasteiger partial charge in [0.1, 0.15) is 6.61 Å². The minimum Gasteiger partial charge on any atom is -0.465 e. The van der Waals surface area contributed by atoms with Crippen LogP contribution in [-0.2, 0) is 23.8 Å². The quantitative estimate of drug-likeness (QED) is 0.274. The molecule has 156 valence electrons. The molecule has 0 amide bonds. The largest absolute Gasteiger partial charge is 0.465 e. The monoisotopic (exact) mass is 391 g/mol. The SMILES string of the molecule is COC(=O)C1(C)OCC(CCCCCON=C(C)c2ccc(C)c(C)c2)CO1. The van der Waals surface area contributed by atoms with E-state index < -0.39 is 11.8 Å². The highest BCUT2D eigenvalue weighted by molar-refractivity contribution is 5.98. The standard InChI is InChI=1S/C22H33NO5/c1-16-10-11-20(13-17(16)2)18(3)23-28-12-8-6-7-9-19-14-26-22(4,27-15-19)21(24)25-5/h10-11,13,19H,6-9,12,14-15H2,1-5H3. The molecule has 0 saturated carbocycles. The van der Waals surface area contributed by atoms with Gasteiger partial charge in [0, 0.05) is 12.8 Å². The minimum absolute atomic E-state index is 0.309. The maximum atomic E-state index is 11.6. The van der Waals surface area contributed by atoms with E-state index in [2.05, 4.69) is 37.2 Å². The van der Waals surface area contributed by atoms with Gasteiger partial charge >= 0.3 is 5.97 Å². The molecule has 6 nitrogen and oxygen atoms in total. The minimum atomic E-state index is -1.26. The zero-order valence-corrected chi connectivity index (χ0v) is 17.7. The summed E-state index contributed by atoms with van der Waals surface area (Å²) in [6, 6.07) is 6.32. The van der Waals surface area contributed by atoms with Crippen LogP contribution in [0.1, 0.15) is 56.2 Å². The van der Waals surface area contributed by atoms with Crippen LogP contribution in [0.25, 0.3) is 0 Å². The molecule has 1 aliphatic heterocycles. The van der Waals surface area contributed by atoms with E-state index in [0.717, 1.165) is 37.0 Å². The van der Waals surface area contributed by atoms with Gasteiger partial charge in [0.15, 0.2) is 0 Å². The summed E-state index contributed by atoms with van der Waals surface area (Å²) in [6.45, 7) is 9.42. The summed E-state index contributed by atoms with van der Waals surface area (Å²) in [5, 5.41) is 4.23. The molecule has 0 aromatic heterocycles. The number of unbranched alkanes of at least 4 members (excludes halogenated alkanes) is 2. The Kier molecular flexibility index (Phi) is 8.45. The summed E-state index contributed by atoms with van der Waals surface area (Å²) in [6.07, 6.45) is 4.08. The van der Waals surface area contributed by atoms with E-state index in [4.69, 9.17) is 19.0 Å². The van der Waals surface area contributed by atoms with Crippen LogP contribution in [0.2, 0.25) is 0 Å². The van der Waals surface area contributed by atoms with Crippen LogP contribution in [0.3, 0.4) is 0 Å². The second-order valence-corrected chi connectivity index (χ2v) is 7.58. The summed E-state index contributed by atoms with van der Waals surface area (Å²) in [7, 11) is 1.34. The Bertz CT molecular complexity index is 678. The summed E-state index contributed by atoms with van der Waals surface area (Å²) >= 11 is 0. The van der Waals surface area contributed by atoms with Crippen molar-refractivity contribution in [1.82, 2.24) is 0 Å². The van der Waals surface area contributed by atoms with Gasteiger partial charge in [-0.2, -0.15) is 0 Å². The molecule has 1 heterocycles. The van der Waals surface area contributed by atoms with E-state index in [1.807, 2.05) is 6.92 Å². The van der Waals surface area contributed by atoms with Crippen LogP contribution in [0.5, 0.6) is 0 Å². The van der Waals surface area contributed by atoms with Crippen molar-refractivity contribution in [3.05, 3.63) is 34.9 Å². The fraction of sp³-hybridized carbons (Fsp3) is 0.636. The number of ether oxygens (including phenoxy) is 3. The summed E-state index contributed by atoms with van der Waals surface area (Å²) < 4.78 is 15.8. The summed E-state index contributed by atoms with van der Waals surface area (Å²) in [5.74, 6) is -1.44.